The Morgan fingerprint density at radius 3 is 2.36 bits per heavy atom. The third-order valence-electron chi connectivity index (χ3n) is 1.82. The largest absolute Gasteiger partial charge is 0.393 e. The molecular weight excluding hydrogens is 143 g/mol. The summed E-state index contributed by atoms with van der Waals surface area (Å²) in [7, 11) is 0. The molecule has 0 radical (unpaired) electrons. The van der Waals surface area contributed by atoms with Gasteiger partial charge in [-0.25, -0.2) is 4.39 Å². The van der Waals surface area contributed by atoms with Crippen LogP contribution in [0.2, 0.25) is 0 Å². The van der Waals surface area contributed by atoms with E-state index >= 15 is 0 Å². The smallest absolute Gasteiger partial charge is 0.123 e. The molecule has 0 aromatic carbocycles. The molecule has 11 heavy (non-hydrogen) atoms. The minimum atomic E-state index is -0.989. The highest BCUT2D eigenvalue weighted by molar-refractivity contribution is 4.53. The molecule has 0 aromatic rings. The Bertz CT molecular complexity index is 76.0. The summed E-state index contributed by atoms with van der Waals surface area (Å²) < 4.78 is 12.4. The minimum absolute atomic E-state index is 0.312. The lowest BCUT2D eigenvalue weighted by Crippen LogP contribution is -2.04. The van der Waals surface area contributed by atoms with Crippen molar-refractivity contribution < 1.29 is 9.50 Å². The zero-order valence-electron chi connectivity index (χ0n) is 7.35. The zero-order chi connectivity index (χ0) is 8.53. The van der Waals surface area contributed by atoms with E-state index in [0.717, 1.165) is 12.8 Å². The van der Waals surface area contributed by atoms with Gasteiger partial charge in [0.2, 0.25) is 0 Å². The number of unbranched alkanes of at least 4 members (excludes halogenated alkanes) is 4. The van der Waals surface area contributed by atoms with Crippen LogP contribution in [0.25, 0.3) is 0 Å². The van der Waals surface area contributed by atoms with E-state index in [1.807, 2.05) is 0 Å². The summed E-state index contributed by atoms with van der Waals surface area (Å²) in [5.41, 5.74) is 0. The van der Waals surface area contributed by atoms with Crippen molar-refractivity contribution in [3.8, 4) is 0 Å². The van der Waals surface area contributed by atoms with Crippen LogP contribution in [0.4, 0.5) is 4.39 Å². The topological polar surface area (TPSA) is 20.2 Å². The van der Waals surface area contributed by atoms with Crippen LogP contribution >= 0.6 is 0 Å². The van der Waals surface area contributed by atoms with Crippen molar-refractivity contribution in [2.45, 2.75) is 51.6 Å². The molecule has 0 aliphatic carbocycles. The normalized spacial score (nSPS) is 13.4. The fraction of sp³-hybridized carbons (Fsp3) is 1.00. The summed E-state index contributed by atoms with van der Waals surface area (Å²) in [4.78, 5) is 0. The molecule has 0 aromatic heterocycles. The van der Waals surface area contributed by atoms with Gasteiger partial charge in [-0.1, -0.05) is 39.0 Å². The van der Waals surface area contributed by atoms with Crippen molar-refractivity contribution in [1.29, 1.82) is 0 Å². The van der Waals surface area contributed by atoms with Crippen LogP contribution in [-0.4, -0.2) is 17.9 Å². The molecule has 0 heterocycles. The molecule has 68 valence electrons. The summed E-state index contributed by atoms with van der Waals surface area (Å²) in [6.07, 6.45) is 5.23. The van der Waals surface area contributed by atoms with Crippen LogP contribution < -0.4 is 0 Å². The van der Waals surface area contributed by atoms with Crippen LogP contribution in [0.5, 0.6) is 0 Å². The summed E-state index contributed by atoms with van der Waals surface area (Å²) in [6, 6.07) is 0. The summed E-state index contributed by atoms with van der Waals surface area (Å²) in [5, 5.41) is 8.36. The van der Waals surface area contributed by atoms with Gasteiger partial charge in [0.25, 0.3) is 0 Å². The number of hydrogen-bond donors (Lipinski definition) is 1. The second kappa shape index (κ2) is 7.99. The van der Waals surface area contributed by atoms with E-state index < -0.39 is 6.17 Å². The Hall–Kier alpha value is -0.110. The fourth-order valence-corrected chi connectivity index (χ4v) is 1.06. The predicted molar refractivity (Wildman–Crippen MR) is 45.4 cm³/mol. The van der Waals surface area contributed by atoms with Gasteiger partial charge < -0.3 is 5.11 Å². The van der Waals surface area contributed by atoms with Crippen LogP contribution in [0, 0.1) is 0 Å². The number of aliphatic hydroxyl groups excluding tert-OH is 1. The molecule has 1 nitrogen and oxygen atoms in total. The highest BCUT2D eigenvalue weighted by Gasteiger charge is 2.02. The maximum atomic E-state index is 12.4. The minimum Gasteiger partial charge on any atom is -0.393 e. The van der Waals surface area contributed by atoms with E-state index in [4.69, 9.17) is 5.11 Å². The molecule has 0 fully saturated rings. The van der Waals surface area contributed by atoms with E-state index in [-0.39, 0.29) is 6.61 Å². The van der Waals surface area contributed by atoms with Crippen molar-refractivity contribution in [2.75, 3.05) is 6.61 Å². The van der Waals surface area contributed by atoms with Gasteiger partial charge in [-0.05, 0) is 6.42 Å². The van der Waals surface area contributed by atoms with Gasteiger partial charge in [0.15, 0.2) is 0 Å². The first kappa shape index (κ1) is 10.9. The summed E-state index contributed by atoms with van der Waals surface area (Å²) in [6.45, 7) is 1.85. The lowest BCUT2D eigenvalue weighted by Gasteiger charge is -2.02. The molecule has 0 aliphatic rings. The monoisotopic (exact) mass is 162 g/mol. The van der Waals surface area contributed by atoms with Gasteiger partial charge in [0, 0.05) is 0 Å². The van der Waals surface area contributed by atoms with E-state index in [2.05, 4.69) is 6.92 Å². The number of rotatable bonds is 7. The van der Waals surface area contributed by atoms with Crippen LogP contribution in [0.3, 0.4) is 0 Å². The average Bonchev–Trinajstić information content (AvgIpc) is 2.04. The van der Waals surface area contributed by atoms with E-state index in [1.54, 1.807) is 0 Å². The van der Waals surface area contributed by atoms with Gasteiger partial charge in [-0.15, -0.1) is 0 Å². The maximum absolute atomic E-state index is 12.4. The first-order valence-corrected chi connectivity index (χ1v) is 4.56. The third kappa shape index (κ3) is 7.79. The molecule has 0 rings (SSSR count). The molecule has 1 N–H and O–H groups in total. The molecule has 0 aliphatic heterocycles. The number of aliphatic hydroxyl groups is 1. The van der Waals surface area contributed by atoms with Crippen molar-refractivity contribution in [1.82, 2.24) is 0 Å². The molecule has 1 atom stereocenters. The fourth-order valence-electron chi connectivity index (χ4n) is 1.06. The van der Waals surface area contributed by atoms with Gasteiger partial charge in [0.1, 0.15) is 6.17 Å². The van der Waals surface area contributed by atoms with Gasteiger partial charge >= 0.3 is 0 Å². The zero-order valence-corrected chi connectivity index (χ0v) is 7.35. The SMILES string of the molecule is CCCCCCC[C@@H](F)CO. The lowest BCUT2D eigenvalue weighted by molar-refractivity contribution is 0.167. The Morgan fingerprint density at radius 2 is 1.82 bits per heavy atom. The van der Waals surface area contributed by atoms with Crippen LogP contribution in [0.15, 0.2) is 0 Å². The first-order chi connectivity index (χ1) is 5.31. The average molecular weight is 162 g/mol. The van der Waals surface area contributed by atoms with Gasteiger partial charge in [0.05, 0.1) is 6.61 Å². The van der Waals surface area contributed by atoms with Crippen LogP contribution in [-0.2, 0) is 0 Å². The molecule has 2 heteroatoms. The predicted octanol–water partition coefficient (Wildman–Crippen LogP) is 2.68. The highest BCUT2D eigenvalue weighted by Crippen LogP contribution is 2.08. The summed E-state index contributed by atoms with van der Waals surface area (Å²) in [5.74, 6) is 0. The quantitative estimate of drug-likeness (QED) is 0.571. The third-order valence-corrected chi connectivity index (χ3v) is 1.82. The Balaban J connectivity index is 2.89. The van der Waals surface area contributed by atoms with Crippen molar-refractivity contribution >= 4 is 0 Å². The first-order valence-electron chi connectivity index (χ1n) is 4.56. The van der Waals surface area contributed by atoms with Crippen molar-refractivity contribution in [3.63, 3.8) is 0 Å². The lowest BCUT2D eigenvalue weighted by atomic mass is 10.1. The van der Waals surface area contributed by atoms with E-state index in [1.165, 1.54) is 19.3 Å². The number of halogens is 1. The Kier molecular flexibility index (Phi) is 7.91. The Morgan fingerprint density at radius 1 is 1.18 bits per heavy atom. The molecular formula is C9H19FO. The van der Waals surface area contributed by atoms with Crippen molar-refractivity contribution in [3.05, 3.63) is 0 Å². The van der Waals surface area contributed by atoms with Gasteiger partial charge in [-0.2, -0.15) is 0 Å². The standard InChI is InChI=1S/C9H19FO/c1-2-3-4-5-6-7-9(10)8-11/h9,11H,2-8H2,1H3/t9-/m1/s1. The molecule has 0 saturated carbocycles. The Labute approximate surface area is 68.6 Å². The molecule has 0 amide bonds. The maximum Gasteiger partial charge on any atom is 0.123 e. The van der Waals surface area contributed by atoms with E-state index in [0.29, 0.717) is 6.42 Å². The van der Waals surface area contributed by atoms with Gasteiger partial charge in [-0.3, -0.25) is 0 Å². The summed E-state index contributed by atoms with van der Waals surface area (Å²) >= 11 is 0. The molecule has 0 saturated heterocycles. The number of alkyl halides is 1. The molecule has 0 spiro atoms. The second-order valence-electron chi connectivity index (χ2n) is 2.98. The number of hydrogen-bond acceptors (Lipinski definition) is 1. The molecule has 0 bridgehead atoms. The van der Waals surface area contributed by atoms with Crippen LogP contribution in [0.1, 0.15) is 45.4 Å². The van der Waals surface area contributed by atoms with E-state index in [9.17, 15) is 4.39 Å². The second-order valence-corrected chi connectivity index (χ2v) is 2.98. The molecule has 0 unspecified atom stereocenters. The van der Waals surface area contributed by atoms with Crippen molar-refractivity contribution in [2.24, 2.45) is 0 Å². The highest BCUT2D eigenvalue weighted by atomic mass is 19.1.